The summed E-state index contributed by atoms with van der Waals surface area (Å²) in [5.41, 5.74) is 6.76. The summed E-state index contributed by atoms with van der Waals surface area (Å²) in [6.45, 7) is 4.54. The predicted octanol–water partition coefficient (Wildman–Crippen LogP) is 3.08. The first-order valence-electron chi connectivity index (χ1n) is 5.51. The Morgan fingerprint density at radius 2 is 1.83 bits per heavy atom. The molecule has 0 spiro atoms. The summed E-state index contributed by atoms with van der Waals surface area (Å²) in [6.07, 6.45) is 9.32. The highest BCUT2D eigenvalue weighted by Gasteiger charge is 2.36. The fraction of sp³-hybridized carbons (Fsp3) is 1.00. The summed E-state index contributed by atoms with van der Waals surface area (Å²) in [7, 11) is 0. The van der Waals surface area contributed by atoms with E-state index in [1.54, 1.807) is 0 Å². The Bertz CT molecular complexity index is 125. The summed E-state index contributed by atoms with van der Waals surface area (Å²) in [6, 6.07) is 0.468. The molecule has 0 saturated heterocycles. The smallest absolute Gasteiger partial charge is 0.00953 e. The van der Waals surface area contributed by atoms with Crippen molar-refractivity contribution in [2.24, 2.45) is 11.1 Å². The van der Waals surface area contributed by atoms with E-state index in [-0.39, 0.29) is 0 Å². The summed E-state index contributed by atoms with van der Waals surface area (Å²) in [5.74, 6) is 0. The van der Waals surface area contributed by atoms with Crippen LogP contribution >= 0.6 is 0 Å². The molecule has 1 aliphatic carbocycles. The average Bonchev–Trinajstić information content (AvgIpc) is 2.54. The molecule has 0 radical (unpaired) electrons. The van der Waals surface area contributed by atoms with Crippen molar-refractivity contribution >= 4 is 0 Å². The van der Waals surface area contributed by atoms with E-state index in [9.17, 15) is 0 Å². The van der Waals surface area contributed by atoms with Crippen molar-refractivity contribution in [2.45, 2.75) is 64.8 Å². The van der Waals surface area contributed by atoms with Crippen molar-refractivity contribution in [3.63, 3.8) is 0 Å². The Morgan fingerprint density at radius 1 is 1.25 bits per heavy atom. The Morgan fingerprint density at radius 3 is 2.25 bits per heavy atom. The lowest BCUT2D eigenvalue weighted by atomic mass is 9.75. The number of hydrogen-bond donors (Lipinski definition) is 1. The van der Waals surface area contributed by atoms with Crippen LogP contribution in [0, 0.1) is 5.41 Å². The van der Waals surface area contributed by atoms with Crippen LogP contribution in [-0.4, -0.2) is 6.04 Å². The zero-order valence-electron chi connectivity index (χ0n) is 8.60. The molecule has 1 unspecified atom stereocenters. The summed E-state index contributed by atoms with van der Waals surface area (Å²) >= 11 is 0. The number of hydrogen-bond acceptors (Lipinski definition) is 1. The zero-order valence-corrected chi connectivity index (χ0v) is 8.60. The quantitative estimate of drug-likeness (QED) is 0.687. The molecular formula is C11H23N. The molecule has 12 heavy (non-hydrogen) atoms. The molecule has 1 aliphatic rings. The lowest BCUT2D eigenvalue weighted by Gasteiger charge is -2.34. The largest absolute Gasteiger partial charge is 0.327 e. The van der Waals surface area contributed by atoms with Crippen molar-refractivity contribution in [3.8, 4) is 0 Å². The van der Waals surface area contributed by atoms with Gasteiger partial charge in [-0.15, -0.1) is 0 Å². The summed E-state index contributed by atoms with van der Waals surface area (Å²) in [5, 5.41) is 0. The number of rotatable bonds is 4. The van der Waals surface area contributed by atoms with Gasteiger partial charge in [0.2, 0.25) is 0 Å². The highest BCUT2D eigenvalue weighted by atomic mass is 14.7. The van der Waals surface area contributed by atoms with Gasteiger partial charge in [-0.05, 0) is 31.1 Å². The van der Waals surface area contributed by atoms with Gasteiger partial charge in [0, 0.05) is 6.04 Å². The fourth-order valence-electron chi connectivity index (χ4n) is 2.68. The third-order valence-corrected chi connectivity index (χ3v) is 3.69. The van der Waals surface area contributed by atoms with E-state index in [2.05, 4.69) is 13.8 Å². The molecule has 0 heterocycles. The van der Waals surface area contributed by atoms with Gasteiger partial charge in [0.25, 0.3) is 0 Å². The molecule has 1 atom stereocenters. The van der Waals surface area contributed by atoms with E-state index in [1.807, 2.05) is 0 Å². The van der Waals surface area contributed by atoms with Crippen molar-refractivity contribution < 1.29 is 0 Å². The lowest BCUT2D eigenvalue weighted by molar-refractivity contribution is 0.210. The van der Waals surface area contributed by atoms with Gasteiger partial charge >= 0.3 is 0 Å². The zero-order chi connectivity index (χ0) is 9.03. The predicted molar refractivity (Wildman–Crippen MR) is 54.1 cm³/mol. The summed E-state index contributed by atoms with van der Waals surface area (Å²) in [4.78, 5) is 0. The number of nitrogens with two attached hydrogens (primary N) is 1. The summed E-state index contributed by atoms with van der Waals surface area (Å²) < 4.78 is 0. The van der Waals surface area contributed by atoms with Crippen LogP contribution in [0.1, 0.15) is 58.8 Å². The highest BCUT2D eigenvalue weighted by Crippen LogP contribution is 2.44. The Balaban J connectivity index is 2.52. The van der Waals surface area contributed by atoms with Crippen LogP contribution in [0.3, 0.4) is 0 Å². The van der Waals surface area contributed by atoms with Gasteiger partial charge < -0.3 is 5.73 Å². The fourth-order valence-corrected chi connectivity index (χ4v) is 2.68. The highest BCUT2D eigenvalue weighted by molar-refractivity contribution is 4.91. The second-order valence-corrected chi connectivity index (χ2v) is 4.32. The SMILES string of the molecule is CCCC(N)C1(CC)CCCC1. The second kappa shape index (κ2) is 4.27. The van der Waals surface area contributed by atoms with E-state index >= 15 is 0 Å². The molecule has 0 aromatic rings. The maximum atomic E-state index is 6.24. The van der Waals surface area contributed by atoms with Crippen molar-refractivity contribution in [1.29, 1.82) is 0 Å². The first kappa shape index (κ1) is 10.0. The molecule has 0 bridgehead atoms. The van der Waals surface area contributed by atoms with E-state index in [4.69, 9.17) is 5.73 Å². The Hall–Kier alpha value is -0.0400. The molecule has 1 fully saturated rings. The van der Waals surface area contributed by atoms with Gasteiger partial charge in [0.15, 0.2) is 0 Å². The first-order valence-corrected chi connectivity index (χ1v) is 5.51. The van der Waals surface area contributed by atoms with Crippen LogP contribution in [0.15, 0.2) is 0 Å². The molecule has 0 amide bonds. The monoisotopic (exact) mass is 169 g/mol. The van der Waals surface area contributed by atoms with Crippen molar-refractivity contribution in [1.82, 2.24) is 0 Å². The molecule has 72 valence electrons. The lowest BCUT2D eigenvalue weighted by Crippen LogP contribution is -2.39. The van der Waals surface area contributed by atoms with E-state index < -0.39 is 0 Å². The molecule has 2 N–H and O–H groups in total. The first-order chi connectivity index (χ1) is 5.75. The second-order valence-electron chi connectivity index (χ2n) is 4.32. The minimum Gasteiger partial charge on any atom is -0.327 e. The molecule has 0 aliphatic heterocycles. The molecular weight excluding hydrogens is 146 g/mol. The standard InChI is InChI=1S/C11H23N/c1-3-7-10(12)11(4-2)8-5-6-9-11/h10H,3-9,12H2,1-2H3. The minimum absolute atomic E-state index is 0.468. The molecule has 1 heteroatoms. The molecule has 1 rings (SSSR count). The normalized spacial score (nSPS) is 24.2. The van der Waals surface area contributed by atoms with Gasteiger partial charge in [0.1, 0.15) is 0 Å². The van der Waals surface area contributed by atoms with Crippen molar-refractivity contribution in [2.75, 3.05) is 0 Å². The molecule has 1 nitrogen and oxygen atoms in total. The topological polar surface area (TPSA) is 26.0 Å². The van der Waals surface area contributed by atoms with Gasteiger partial charge in [-0.2, -0.15) is 0 Å². The van der Waals surface area contributed by atoms with E-state index in [0.717, 1.165) is 0 Å². The van der Waals surface area contributed by atoms with E-state index in [0.29, 0.717) is 11.5 Å². The Kier molecular flexibility index (Phi) is 3.57. The van der Waals surface area contributed by atoms with Crippen LogP contribution in [0.4, 0.5) is 0 Å². The minimum atomic E-state index is 0.468. The van der Waals surface area contributed by atoms with Gasteiger partial charge in [0.05, 0.1) is 0 Å². The maximum Gasteiger partial charge on any atom is 0.00953 e. The van der Waals surface area contributed by atoms with Crippen LogP contribution in [-0.2, 0) is 0 Å². The molecule has 0 aromatic carbocycles. The van der Waals surface area contributed by atoms with Gasteiger partial charge in [-0.25, -0.2) is 0 Å². The van der Waals surface area contributed by atoms with Crippen LogP contribution in [0.25, 0.3) is 0 Å². The molecule has 1 saturated carbocycles. The van der Waals surface area contributed by atoms with Gasteiger partial charge in [-0.3, -0.25) is 0 Å². The van der Waals surface area contributed by atoms with E-state index in [1.165, 1.54) is 44.9 Å². The maximum absolute atomic E-state index is 6.24. The van der Waals surface area contributed by atoms with Crippen LogP contribution < -0.4 is 5.73 Å². The molecule has 0 aromatic heterocycles. The van der Waals surface area contributed by atoms with Crippen LogP contribution in [0.2, 0.25) is 0 Å². The van der Waals surface area contributed by atoms with Crippen LogP contribution in [0.5, 0.6) is 0 Å². The third kappa shape index (κ3) is 1.82. The van der Waals surface area contributed by atoms with Gasteiger partial charge in [-0.1, -0.05) is 33.1 Å². The third-order valence-electron chi connectivity index (χ3n) is 3.69. The Labute approximate surface area is 76.7 Å². The van der Waals surface area contributed by atoms with Crippen molar-refractivity contribution in [3.05, 3.63) is 0 Å². The average molecular weight is 169 g/mol.